The van der Waals surface area contributed by atoms with Gasteiger partial charge in [0.2, 0.25) is 11.6 Å². The second-order valence-electron chi connectivity index (χ2n) is 8.78. The Hall–Kier alpha value is -4.49. The summed E-state index contributed by atoms with van der Waals surface area (Å²) in [6, 6.07) is 12.7. The zero-order valence-corrected chi connectivity index (χ0v) is 21.8. The Morgan fingerprint density at radius 2 is 1.97 bits per heavy atom. The summed E-state index contributed by atoms with van der Waals surface area (Å²) in [7, 11) is 1.55. The first kappa shape index (κ1) is 26.1. The quantitative estimate of drug-likeness (QED) is 0.221. The van der Waals surface area contributed by atoms with E-state index in [1.54, 1.807) is 37.4 Å². The van der Waals surface area contributed by atoms with Crippen molar-refractivity contribution in [2.24, 2.45) is 5.10 Å². The van der Waals surface area contributed by atoms with E-state index in [1.165, 1.54) is 10.9 Å². The molecule has 3 heterocycles. The summed E-state index contributed by atoms with van der Waals surface area (Å²) in [5.41, 5.74) is 10.6. The average Bonchev–Trinajstić information content (AvgIpc) is 3.70. The molecule has 1 aliphatic heterocycles. The number of carbonyl (C=O) groups is 1. The third-order valence-corrected chi connectivity index (χ3v) is 6.35. The van der Waals surface area contributed by atoms with Gasteiger partial charge in [0, 0.05) is 11.6 Å². The Labute approximate surface area is 228 Å². The molecule has 1 fully saturated rings. The summed E-state index contributed by atoms with van der Waals surface area (Å²) in [6.45, 7) is 2.64. The van der Waals surface area contributed by atoms with Crippen LogP contribution in [0.1, 0.15) is 40.2 Å². The van der Waals surface area contributed by atoms with Crippen LogP contribution in [0.4, 0.5) is 5.82 Å². The maximum Gasteiger partial charge on any atom is 0.292 e. The predicted octanol–water partition coefficient (Wildman–Crippen LogP) is 2.83. The number of hydrogen-bond acceptors (Lipinski definition) is 11. The molecule has 1 amide bonds. The van der Waals surface area contributed by atoms with E-state index >= 15 is 0 Å². The van der Waals surface area contributed by atoms with Crippen molar-refractivity contribution in [2.45, 2.75) is 26.0 Å². The number of nitrogens with zero attached hydrogens (tertiary/aromatic N) is 7. The summed E-state index contributed by atoms with van der Waals surface area (Å²) < 4.78 is 17.3. The van der Waals surface area contributed by atoms with Crippen LogP contribution < -0.4 is 20.6 Å². The van der Waals surface area contributed by atoms with E-state index < -0.39 is 5.91 Å². The maximum absolute atomic E-state index is 13.2. The summed E-state index contributed by atoms with van der Waals surface area (Å²) in [5, 5.41) is 20.4. The fraction of sp³-hybridized carbons (Fsp3) is 0.280. The number of nitrogen functional groups attached to an aromatic ring is 1. The molecule has 0 spiro atoms. The number of ether oxygens (including phenoxy) is 2. The Bertz CT molecular complexity index is 1460. The highest BCUT2D eigenvalue weighted by molar-refractivity contribution is 6.30. The fourth-order valence-corrected chi connectivity index (χ4v) is 4.26. The van der Waals surface area contributed by atoms with E-state index in [0.29, 0.717) is 40.9 Å². The standard InChI is InChI=1S/C25H26ClN9O4/c1-37-21-12-17(6-9-20(21)38-15-16-4-7-18(26)8-5-16)13-28-30-25(36)22-19(14-34-10-2-3-11-34)29-33-35(22)24-23(27)31-39-32-24/h4-9,12-13H,2-3,10-11,14-15H2,1H3,(H2,27,31)(H,30,36)/b28-13+. The topological polar surface area (TPSA) is 159 Å². The van der Waals surface area contributed by atoms with Gasteiger partial charge in [0.25, 0.3) is 5.91 Å². The first-order valence-corrected chi connectivity index (χ1v) is 12.5. The monoisotopic (exact) mass is 551 g/mol. The highest BCUT2D eigenvalue weighted by Crippen LogP contribution is 2.28. The highest BCUT2D eigenvalue weighted by atomic mass is 35.5. The van der Waals surface area contributed by atoms with Gasteiger partial charge in [-0.25, -0.2) is 10.1 Å². The van der Waals surface area contributed by atoms with Crippen molar-refractivity contribution in [3.05, 3.63) is 70.0 Å². The van der Waals surface area contributed by atoms with Crippen LogP contribution in [0.25, 0.3) is 5.82 Å². The summed E-state index contributed by atoms with van der Waals surface area (Å²) in [6.07, 6.45) is 3.67. The van der Waals surface area contributed by atoms with E-state index in [0.717, 1.165) is 31.5 Å². The Morgan fingerprint density at radius 1 is 1.18 bits per heavy atom. The van der Waals surface area contributed by atoms with Gasteiger partial charge in [-0.1, -0.05) is 28.9 Å². The molecular weight excluding hydrogens is 526 g/mol. The lowest BCUT2D eigenvalue weighted by atomic mass is 10.2. The van der Waals surface area contributed by atoms with Crippen molar-refractivity contribution in [3.63, 3.8) is 0 Å². The minimum atomic E-state index is -0.539. The Kier molecular flexibility index (Phi) is 7.99. The molecule has 1 saturated heterocycles. The van der Waals surface area contributed by atoms with Crippen molar-refractivity contribution >= 4 is 29.5 Å². The van der Waals surface area contributed by atoms with Gasteiger partial charge in [-0.2, -0.15) is 9.78 Å². The van der Waals surface area contributed by atoms with Gasteiger partial charge >= 0.3 is 0 Å². The number of anilines is 1. The Morgan fingerprint density at radius 3 is 2.69 bits per heavy atom. The minimum Gasteiger partial charge on any atom is -0.493 e. The van der Waals surface area contributed by atoms with Crippen molar-refractivity contribution in [3.8, 4) is 17.3 Å². The molecule has 2 aromatic carbocycles. The molecule has 13 nitrogen and oxygen atoms in total. The first-order valence-electron chi connectivity index (χ1n) is 12.2. The summed E-state index contributed by atoms with van der Waals surface area (Å²) in [5.74, 6) is 0.596. The Balaban J connectivity index is 1.29. The third-order valence-electron chi connectivity index (χ3n) is 6.10. The molecule has 14 heteroatoms. The molecule has 0 unspecified atom stereocenters. The van der Waals surface area contributed by atoms with Crippen LogP contribution in [0.15, 0.2) is 52.2 Å². The lowest BCUT2D eigenvalue weighted by Crippen LogP contribution is -2.26. The number of rotatable bonds is 10. The van der Waals surface area contributed by atoms with Crippen molar-refractivity contribution < 1.29 is 18.9 Å². The zero-order valence-electron chi connectivity index (χ0n) is 21.1. The smallest absolute Gasteiger partial charge is 0.292 e. The highest BCUT2D eigenvalue weighted by Gasteiger charge is 2.26. The number of nitrogens with two attached hydrogens (primary N) is 1. The van der Waals surface area contributed by atoms with Gasteiger partial charge in [0.15, 0.2) is 17.2 Å². The van der Waals surface area contributed by atoms with Gasteiger partial charge < -0.3 is 15.2 Å². The SMILES string of the molecule is COc1cc(/C=N/NC(=O)c2c(CN3CCCC3)nnn2-c2nonc2N)ccc1OCc1ccc(Cl)cc1. The third kappa shape index (κ3) is 6.16. The van der Waals surface area contributed by atoms with Gasteiger partial charge in [-0.3, -0.25) is 9.69 Å². The van der Waals surface area contributed by atoms with Gasteiger partial charge in [0.05, 0.1) is 13.3 Å². The fourth-order valence-electron chi connectivity index (χ4n) is 4.13. The summed E-state index contributed by atoms with van der Waals surface area (Å²) in [4.78, 5) is 15.4. The molecule has 0 saturated carbocycles. The van der Waals surface area contributed by atoms with Gasteiger partial charge in [-0.05, 0) is 77.7 Å². The largest absolute Gasteiger partial charge is 0.493 e. The molecule has 0 radical (unpaired) electrons. The minimum absolute atomic E-state index is 0.0179. The van der Waals surface area contributed by atoms with E-state index in [4.69, 9.17) is 26.8 Å². The number of carbonyl (C=O) groups excluding carboxylic acids is 1. The molecule has 2 aromatic heterocycles. The number of amides is 1. The second-order valence-corrected chi connectivity index (χ2v) is 9.21. The van der Waals surface area contributed by atoms with Crippen LogP contribution in [-0.4, -0.2) is 62.5 Å². The van der Waals surface area contributed by atoms with E-state index in [-0.39, 0.29) is 17.3 Å². The lowest BCUT2D eigenvalue weighted by Gasteiger charge is -2.13. The molecule has 0 bridgehead atoms. The number of hydrazone groups is 1. The van der Waals surface area contributed by atoms with Crippen LogP contribution in [-0.2, 0) is 13.2 Å². The number of aromatic nitrogens is 5. The van der Waals surface area contributed by atoms with Crippen LogP contribution in [0.2, 0.25) is 5.02 Å². The van der Waals surface area contributed by atoms with E-state index in [1.807, 2.05) is 12.1 Å². The van der Waals surface area contributed by atoms with Crippen molar-refractivity contribution in [1.29, 1.82) is 0 Å². The lowest BCUT2D eigenvalue weighted by molar-refractivity contribution is 0.0945. The molecule has 1 aliphatic rings. The molecule has 202 valence electrons. The predicted molar refractivity (Wildman–Crippen MR) is 142 cm³/mol. The first-order chi connectivity index (χ1) is 19.0. The average molecular weight is 552 g/mol. The molecule has 5 rings (SSSR count). The zero-order chi connectivity index (χ0) is 27.2. The van der Waals surface area contributed by atoms with Crippen molar-refractivity contribution in [2.75, 3.05) is 25.9 Å². The molecule has 4 aromatic rings. The van der Waals surface area contributed by atoms with E-state index in [9.17, 15) is 4.79 Å². The number of methoxy groups -OCH3 is 1. The normalized spacial score (nSPS) is 13.7. The number of benzene rings is 2. The van der Waals surface area contributed by atoms with Crippen LogP contribution in [0, 0.1) is 0 Å². The van der Waals surface area contributed by atoms with Gasteiger partial charge in [-0.15, -0.1) is 5.10 Å². The number of nitrogens with one attached hydrogen (secondary N) is 1. The molecular formula is C25H26ClN9O4. The second kappa shape index (κ2) is 11.9. The van der Waals surface area contributed by atoms with Crippen molar-refractivity contribution in [1.82, 2.24) is 35.6 Å². The maximum atomic E-state index is 13.2. The van der Waals surface area contributed by atoms with Crippen LogP contribution >= 0.6 is 11.6 Å². The van der Waals surface area contributed by atoms with Crippen LogP contribution in [0.3, 0.4) is 0 Å². The van der Waals surface area contributed by atoms with E-state index in [2.05, 4.69) is 40.7 Å². The number of likely N-dealkylation sites (tertiary alicyclic amines) is 1. The number of halogens is 1. The molecule has 0 aliphatic carbocycles. The van der Waals surface area contributed by atoms with Gasteiger partial charge in [0.1, 0.15) is 12.3 Å². The number of hydrogen-bond donors (Lipinski definition) is 2. The molecule has 39 heavy (non-hydrogen) atoms. The molecule has 0 atom stereocenters. The summed E-state index contributed by atoms with van der Waals surface area (Å²) >= 11 is 5.94. The van der Waals surface area contributed by atoms with Crippen LogP contribution in [0.5, 0.6) is 11.5 Å². The molecule has 3 N–H and O–H groups in total.